The van der Waals surface area contributed by atoms with Crippen LogP contribution in [0.3, 0.4) is 0 Å². The van der Waals surface area contributed by atoms with Crippen molar-refractivity contribution in [3.8, 4) is 11.5 Å². The molecule has 23 heavy (non-hydrogen) atoms. The second kappa shape index (κ2) is 5.65. The van der Waals surface area contributed by atoms with Crippen LogP contribution in [0.4, 0.5) is 8.78 Å². The summed E-state index contributed by atoms with van der Waals surface area (Å²) >= 11 is 0. The first-order chi connectivity index (χ1) is 10.8. The molecule has 6 heteroatoms. The highest BCUT2D eigenvalue weighted by Crippen LogP contribution is 2.48. The molecule has 0 amide bonds. The minimum absolute atomic E-state index is 0.168. The second-order valence-corrected chi connectivity index (χ2v) is 6.38. The van der Waals surface area contributed by atoms with Gasteiger partial charge in [-0.3, -0.25) is 4.79 Å². The Kier molecular flexibility index (Phi) is 3.94. The quantitative estimate of drug-likeness (QED) is 0.916. The zero-order valence-electron chi connectivity index (χ0n) is 13.0. The van der Waals surface area contributed by atoms with E-state index in [0.717, 1.165) is 26.2 Å². The predicted octanol–water partition coefficient (Wildman–Crippen LogP) is 3.86. The maximum atomic E-state index is 14.2. The lowest BCUT2D eigenvalue weighted by Crippen LogP contribution is -2.40. The molecule has 0 bridgehead atoms. The lowest BCUT2D eigenvalue weighted by molar-refractivity contribution is -0.145. The number of carboxylic acid groups (broad SMARTS) is 1. The van der Waals surface area contributed by atoms with Gasteiger partial charge in [-0.25, -0.2) is 8.78 Å². The molecule has 0 spiro atoms. The summed E-state index contributed by atoms with van der Waals surface area (Å²) < 4.78 is 39.2. The van der Waals surface area contributed by atoms with E-state index in [1.807, 2.05) is 0 Å². The van der Waals surface area contributed by atoms with Crippen molar-refractivity contribution in [1.82, 2.24) is 0 Å². The Balaban J connectivity index is 2.21. The van der Waals surface area contributed by atoms with Gasteiger partial charge in [0, 0.05) is 12.5 Å². The molecule has 1 heterocycles. The molecule has 1 fully saturated rings. The third kappa shape index (κ3) is 2.75. The van der Waals surface area contributed by atoms with Gasteiger partial charge in [0.05, 0.1) is 5.41 Å². The third-order valence-corrected chi connectivity index (χ3v) is 4.79. The highest BCUT2D eigenvalue weighted by molar-refractivity contribution is 5.83. The van der Waals surface area contributed by atoms with Crippen molar-refractivity contribution in [3.05, 3.63) is 23.3 Å². The number of alkyl halides is 2. The highest BCUT2D eigenvalue weighted by Gasteiger charge is 2.46. The Morgan fingerprint density at radius 2 is 1.70 bits per heavy atom. The Morgan fingerprint density at radius 1 is 1.13 bits per heavy atom. The number of halogens is 2. The molecule has 4 nitrogen and oxygen atoms in total. The molecule has 1 saturated carbocycles. The molecule has 126 valence electrons. The van der Waals surface area contributed by atoms with E-state index in [1.54, 1.807) is 0 Å². The standard InChI is InChI=1S/C17H20F2O4/c1-16(18,19)11-9-13-14(23-8-7-22-13)10-12(11)17(15(20)21)5-3-2-4-6-17/h9-10H,2-8H2,1H3,(H,20,21). The van der Waals surface area contributed by atoms with Crippen molar-refractivity contribution >= 4 is 5.97 Å². The van der Waals surface area contributed by atoms with Gasteiger partial charge in [-0.05, 0) is 30.5 Å². The minimum atomic E-state index is -3.15. The molecule has 2 aliphatic rings. The zero-order valence-corrected chi connectivity index (χ0v) is 13.0. The Hall–Kier alpha value is -1.85. The van der Waals surface area contributed by atoms with E-state index in [4.69, 9.17) is 9.47 Å². The summed E-state index contributed by atoms with van der Waals surface area (Å²) in [5.74, 6) is -3.58. The third-order valence-electron chi connectivity index (χ3n) is 4.79. The summed E-state index contributed by atoms with van der Waals surface area (Å²) in [7, 11) is 0. The smallest absolute Gasteiger partial charge is 0.314 e. The maximum Gasteiger partial charge on any atom is 0.314 e. The molecule has 0 saturated heterocycles. The number of benzene rings is 1. The molecule has 0 atom stereocenters. The van der Waals surface area contributed by atoms with Crippen LogP contribution in [0.5, 0.6) is 11.5 Å². The molecular weight excluding hydrogens is 306 g/mol. The summed E-state index contributed by atoms with van der Waals surface area (Å²) in [5, 5.41) is 9.82. The van der Waals surface area contributed by atoms with Gasteiger partial charge in [0.15, 0.2) is 11.5 Å². The molecule has 1 N–H and O–H groups in total. The first-order valence-electron chi connectivity index (χ1n) is 7.90. The monoisotopic (exact) mass is 326 g/mol. The van der Waals surface area contributed by atoms with Crippen molar-refractivity contribution in [2.45, 2.75) is 50.4 Å². The van der Waals surface area contributed by atoms with Gasteiger partial charge in [0.1, 0.15) is 13.2 Å². The normalized spacial score (nSPS) is 20.1. The fourth-order valence-corrected chi connectivity index (χ4v) is 3.60. The van der Waals surface area contributed by atoms with Crippen molar-refractivity contribution in [2.24, 2.45) is 0 Å². The lowest BCUT2D eigenvalue weighted by Gasteiger charge is -2.37. The Bertz CT molecular complexity index is 616. The Labute approximate surface area is 133 Å². The van der Waals surface area contributed by atoms with E-state index in [0.29, 0.717) is 31.8 Å². The van der Waals surface area contributed by atoms with Crippen LogP contribution in [-0.4, -0.2) is 24.3 Å². The van der Waals surface area contributed by atoms with Crippen LogP contribution in [0.25, 0.3) is 0 Å². The van der Waals surface area contributed by atoms with E-state index >= 15 is 0 Å². The number of carboxylic acids is 1. The van der Waals surface area contributed by atoms with Crippen LogP contribution in [-0.2, 0) is 16.1 Å². The van der Waals surface area contributed by atoms with Gasteiger partial charge in [0.25, 0.3) is 5.92 Å². The molecule has 0 radical (unpaired) electrons. The first kappa shape index (κ1) is 16.0. The molecule has 1 aromatic carbocycles. The van der Waals surface area contributed by atoms with E-state index in [2.05, 4.69) is 0 Å². The van der Waals surface area contributed by atoms with E-state index in [1.165, 1.54) is 12.1 Å². The number of rotatable bonds is 3. The first-order valence-corrected chi connectivity index (χ1v) is 7.90. The van der Waals surface area contributed by atoms with Crippen LogP contribution in [0, 0.1) is 0 Å². The number of ether oxygens (including phenoxy) is 2. The van der Waals surface area contributed by atoms with Gasteiger partial charge in [-0.1, -0.05) is 19.3 Å². The van der Waals surface area contributed by atoms with Crippen LogP contribution in [0.2, 0.25) is 0 Å². The van der Waals surface area contributed by atoms with E-state index < -0.39 is 17.3 Å². The van der Waals surface area contributed by atoms with E-state index in [-0.39, 0.29) is 16.9 Å². The van der Waals surface area contributed by atoms with Gasteiger partial charge in [0.2, 0.25) is 0 Å². The highest BCUT2D eigenvalue weighted by atomic mass is 19.3. The topological polar surface area (TPSA) is 55.8 Å². The SMILES string of the molecule is CC(F)(F)c1cc2c(cc1C1(C(=O)O)CCCCC1)OCCO2. The average molecular weight is 326 g/mol. The minimum Gasteiger partial charge on any atom is -0.486 e. The maximum absolute atomic E-state index is 14.2. The molecule has 0 unspecified atom stereocenters. The summed E-state index contributed by atoms with van der Waals surface area (Å²) in [5.41, 5.74) is -1.38. The van der Waals surface area contributed by atoms with Crippen LogP contribution in [0.15, 0.2) is 12.1 Å². The summed E-state index contributed by atoms with van der Waals surface area (Å²) in [4.78, 5) is 12.0. The van der Waals surface area contributed by atoms with Crippen LogP contribution in [0.1, 0.15) is 50.2 Å². The van der Waals surface area contributed by atoms with Crippen molar-refractivity contribution in [1.29, 1.82) is 0 Å². The number of carbonyl (C=O) groups is 1. The van der Waals surface area contributed by atoms with Crippen molar-refractivity contribution < 1.29 is 28.2 Å². The molecule has 0 aromatic heterocycles. The number of hydrogen-bond donors (Lipinski definition) is 1. The van der Waals surface area contributed by atoms with Crippen LogP contribution >= 0.6 is 0 Å². The zero-order chi connectivity index (χ0) is 16.7. The molecule has 1 aromatic rings. The summed E-state index contributed by atoms with van der Waals surface area (Å²) in [6, 6.07) is 2.71. The predicted molar refractivity (Wildman–Crippen MR) is 79.4 cm³/mol. The van der Waals surface area contributed by atoms with Crippen molar-refractivity contribution in [2.75, 3.05) is 13.2 Å². The largest absolute Gasteiger partial charge is 0.486 e. The number of hydrogen-bond acceptors (Lipinski definition) is 3. The second-order valence-electron chi connectivity index (χ2n) is 6.38. The van der Waals surface area contributed by atoms with Gasteiger partial charge >= 0.3 is 5.97 Å². The molecule has 3 rings (SSSR count). The number of fused-ring (bicyclic) bond motifs is 1. The van der Waals surface area contributed by atoms with Gasteiger partial charge < -0.3 is 14.6 Å². The molecule has 1 aliphatic carbocycles. The number of aliphatic carboxylic acids is 1. The average Bonchev–Trinajstić information content (AvgIpc) is 2.53. The fraction of sp³-hybridized carbons (Fsp3) is 0.588. The fourth-order valence-electron chi connectivity index (χ4n) is 3.60. The summed E-state index contributed by atoms with van der Waals surface area (Å²) in [6.07, 6.45) is 3.10. The molecular formula is C17H20F2O4. The van der Waals surface area contributed by atoms with E-state index in [9.17, 15) is 18.7 Å². The van der Waals surface area contributed by atoms with Crippen molar-refractivity contribution in [3.63, 3.8) is 0 Å². The van der Waals surface area contributed by atoms with Gasteiger partial charge in [-0.2, -0.15) is 0 Å². The molecule has 1 aliphatic heterocycles. The van der Waals surface area contributed by atoms with Gasteiger partial charge in [-0.15, -0.1) is 0 Å². The Morgan fingerprint density at radius 3 is 2.22 bits per heavy atom. The summed E-state index contributed by atoms with van der Waals surface area (Å²) in [6.45, 7) is 1.42. The van der Waals surface area contributed by atoms with Crippen LogP contribution < -0.4 is 9.47 Å². The lowest BCUT2D eigenvalue weighted by atomic mass is 9.67.